The Hall–Kier alpha value is -2.83. The quantitative estimate of drug-likeness (QED) is 0.518. The molecule has 0 aliphatic carbocycles. The number of carbonyl (C=O) groups is 1. The molecule has 7 heteroatoms. The van der Waals surface area contributed by atoms with Gasteiger partial charge in [0.05, 0.1) is 17.2 Å². The van der Waals surface area contributed by atoms with Crippen LogP contribution in [0.2, 0.25) is 0 Å². The number of hydrogen-bond donors (Lipinski definition) is 1. The van der Waals surface area contributed by atoms with Crippen molar-refractivity contribution < 1.29 is 9.72 Å². The van der Waals surface area contributed by atoms with Crippen molar-refractivity contribution in [3.05, 3.63) is 57.0 Å². The van der Waals surface area contributed by atoms with E-state index < -0.39 is 4.92 Å². The minimum atomic E-state index is -0.477. The fourth-order valence-electron chi connectivity index (χ4n) is 2.10. The Labute approximate surface area is 127 Å². The minimum absolute atomic E-state index is 0.0163. The van der Waals surface area contributed by atoms with Gasteiger partial charge in [-0.1, -0.05) is 0 Å². The topological polar surface area (TPSA) is 98.0 Å². The normalized spacial score (nSPS) is 10.3. The van der Waals surface area contributed by atoms with Gasteiger partial charge in [0.2, 0.25) is 0 Å². The summed E-state index contributed by atoms with van der Waals surface area (Å²) in [7, 11) is 0. The van der Waals surface area contributed by atoms with E-state index in [2.05, 4.69) is 15.3 Å². The van der Waals surface area contributed by atoms with E-state index in [1.165, 1.54) is 19.2 Å². The maximum Gasteiger partial charge on any atom is 0.287 e. The molecule has 0 saturated carbocycles. The fraction of sp³-hybridized carbons (Fsp3) is 0.267. The van der Waals surface area contributed by atoms with E-state index in [0.717, 1.165) is 5.69 Å². The number of nitrogens with zero attached hydrogens (tertiary/aromatic N) is 3. The van der Waals surface area contributed by atoms with Crippen LogP contribution in [0.1, 0.15) is 34.2 Å². The first-order valence-electron chi connectivity index (χ1n) is 6.71. The van der Waals surface area contributed by atoms with Crippen molar-refractivity contribution in [3.8, 4) is 0 Å². The summed E-state index contributed by atoms with van der Waals surface area (Å²) in [4.78, 5) is 30.0. The Morgan fingerprint density at radius 1 is 1.36 bits per heavy atom. The number of Topliss-reactive ketones (excluding diaryl/α,β-unsaturated/α-hetero) is 1. The van der Waals surface area contributed by atoms with Gasteiger partial charge in [0.1, 0.15) is 12.0 Å². The second kappa shape index (κ2) is 6.30. The number of aromatic nitrogens is 2. The predicted molar refractivity (Wildman–Crippen MR) is 81.9 cm³/mol. The first-order chi connectivity index (χ1) is 10.4. The van der Waals surface area contributed by atoms with E-state index in [9.17, 15) is 14.9 Å². The summed E-state index contributed by atoms with van der Waals surface area (Å²) in [5.74, 6) is 0.554. The van der Waals surface area contributed by atoms with Crippen LogP contribution in [-0.4, -0.2) is 20.7 Å². The second-order valence-electron chi connectivity index (χ2n) is 4.96. The lowest BCUT2D eigenvalue weighted by molar-refractivity contribution is -0.385. The summed E-state index contributed by atoms with van der Waals surface area (Å²) in [6, 6.07) is 4.99. The summed E-state index contributed by atoms with van der Waals surface area (Å²) < 4.78 is 0. The molecule has 0 radical (unpaired) electrons. The standard InChI is InChI=1S/C15H16N4O3/c1-9-6-13(19(21)22)8-17-15(9)16-7-12-4-5-14(11(3)20)10(2)18-12/h4-6,8H,7H2,1-3H3,(H,16,17). The van der Waals surface area contributed by atoms with Crippen LogP contribution in [0.4, 0.5) is 11.5 Å². The largest absolute Gasteiger partial charge is 0.364 e. The molecule has 2 aromatic rings. The Kier molecular flexibility index (Phi) is 4.45. The van der Waals surface area contributed by atoms with Crippen LogP contribution in [0.25, 0.3) is 0 Å². The summed E-state index contributed by atoms with van der Waals surface area (Å²) >= 11 is 0. The molecule has 22 heavy (non-hydrogen) atoms. The Morgan fingerprint density at radius 2 is 2.09 bits per heavy atom. The van der Waals surface area contributed by atoms with Crippen molar-refractivity contribution in [1.82, 2.24) is 9.97 Å². The van der Waals surface area contributed by atoms with E-state index in [4.69, 9.17) is 0 Å². The van der Waals surface area contributed by atoms with Crippen LogP contribution in [0, 0.1) is 24.0 Å². The predicted octanol–water partition coefficient (Wildman–Crippen LogP) is 2.82. The highest BCUT2D eigenvalue weighted by atomic mass is 16.6. The third kappa shape index (κ3) is 3.43. The van der Waals surface area contributed by atoms with Gasteiger partial charge in [-0.25, -0.2) is 4.98 Å². The number of nitrogens with one attached hydrogen (secondary N) is 1. The average Bonchev–Trinajstić information content (AvgIpc) is 2.45. The SMILES string of the molecule is CC(=O)c1ccc(CNc2ncc([N+](=O)[O-])cc2C)nc1C. The maximum absolute atomic E-state index is 11.4. The number of rotatable bonds is 5. The molecule has 0 aliphatic heterocycles. The third-order valence-corrected chi connectivity index (χ3v) is 3.23. The molecule has 0 atom stereocenters. The zero-order valence-corrected chi connectivity index (χ0v) is 12.6. The van der Waals surface area contributed by atoms with E-state index in [1.54, 1.807) is 26.0 Å². The van der Waals surface area contributed by atoms with Gasteiger partial charge < -0.3 is 5.32 Å². The zero-order valence-electron chi connectivity index (χ0n) is 12.6. The molecule has 2 rings (SSSR count). The molecule has 2 aromatic heterocycles. The van der Waals surface area contributed by atoms with Gasteiger partial charge in [0, 0.05) is 17.3 Å². The van der Waals surface area contributed by atoms with Gasteiger partial charge in [0.25, 0.3) is 5.69 Å². The number of nitro groups is 1. The van der Waals surface area contributed by atoms with Gasteiger partial charge in [-0.3, -0.25) is 19.9 Å². The zero-order chi connectivity index (χ0) is 16.3. The Morgan fingerprint density at radius 3 is 2.64 bits per heavy atom. The molecular weight excluding hydrogens is 284 g/mol. The molecule has 7 nitrogen and oxygen atoms in total. The Balaban J connectivity index is 2.12. The molecule has 0 fully saturated rings. The summed E-state index contributed by atoms with van der Waals surface area (Å²) in [6.45, 7) is 5.46. The average molecular weight is 300 g/mol. The maximum atomic E-state index is 11.4. The smallest absolute Gasteiger partial charge is 0.287 e. The molecule has 0 amide bonds. The highest BCUT2D eigenvalue weighted by Crippen LogP contribution is 2.18. The highest BCUT2D eigenvalue weighted by Gasteiger charge is 2.10. The molecular formula is C15H16N4O3. The molecule has 0 saturated heterocycles. The molecule has 0 bridgehead atoms. The fourth-order valence-corrected chi connectivity index (χ4v) is 2.10. The molecule has 114 valence electrons. The van der Waals surface area contributed by atoms with Crippen molar-refractivity contribution in [3.63, 3.8) is 0 Å². The number of pyridine rings is 2. The molecule has 0 unspecified atom stereocenters. The van der Waals surface area contributed by atoms with Gasteiger partial charge >= 0.3 is 0 Å². The summed E-state index contributed by atoms with van der Waals surface area (Å²) in [6.07, 6.45) is 1.22. The summed E-state index contributed by atoms with van der Waals surface area (Å²) in [5, 5.41) is 13.8. The molecule has 0 aromatic carbocycles. The van der Waals surface area contributed by atoms with Crippen LogP contribution in [0.15, 0.2) is 24.4 Å². The van der Waals surface area contributed by atoms with Gasteiger partial charge in [0.15, 0.2) is 5.78 Å². The van der Waals surface area contributed by atoms with Crippen LogP contribution in [-0.2, 0) is 6.54 Å². The van der Waals surface area contributed by atoms with Crippen LogP contribution in [0.3, 0.4) is 0 Å². The minimum Gasteiger partial charge on any atom is -0.364 e. The third-order valence-electron chi connectivity index (χ3n) is 3.23. The molecule has 1 N–H and O–H groups in total. The van der Waals surface area contributed by atoms with Crippen LogP contribution < -0.4 is 5.32 Å². The van der Waals surface area contributed by atoms with E-state index in [0.29, 0.717) is 29.2 Å². The Bertz CT molecular complexity index is 744. The number of anilines is 1. The van der Waals surface area contributed by atoms with Crippen molar-refractivity contribution in [1.29, 1.82) is 0 Å². The van der Waals surface area contributed by atoms with Gasteiger partial charge in [-0.05, 0) is 38.5 Å². The van der Waals surface area contributed by atoms with Crippen molar-refractivity contribution in [2.24, 2.45) is 0 Å². The molecule has 2 heterocycles. The molecule has 0 spiro atoms. The van der Waals surface area contributed by atoms with E-state index in [1.807, 2.05) is 0 Å². The first-order valence-corrected chi connectivity index (χ1v) is 6.71. The second-order valence-corrected chi connectivity index (χ2v) is 4.96. The lowest BCUT2D eigenvalue weighted by Crippen LogP contribution is -2.07. The lowest BCUT2D eigenvalue weighted by atomic mass is 10.1. The van der Waals surface area contributed by atoms with Crippen LogP contribution in [0.5, 0.6) is 0 Å². The first kappa shape index (κ1) is 15.6. The van der Waals surface area contributed by atoms with Crippen molar-refractivity contribution in [2.75, 3.05) is 5.32 Å². The van der Waals surface area contributed by atoms with E-state index >= 15 is 0 Å². The van der Waals surface area contributed by atoms with E-state index in [-0.39, 0.29) is 11.5 Å². The number of carbonyl (C=O) groups excluding carboxylic acids is 1. The number of ketones is 1. The molecule has 0 aliphatic rings. The van der Waals surface area contributed by atoms with Crippen molar-refractivity contribution >= 4 is 17.3 Å². The lowest BCUT2D eigenvalue weighted by Gasteiger charge is -2.09. The van der Waals surface area contributed by atoms with Crippen LogP contribution >= 0.6 is 0 Å². The number of aryl methyl sites for hydroxylation is 2. The highest BCUT2D eigenvalue weighted by molar-refractivity contribution is 5.95. The van der Waals surface area contributed by atoms with Gasteiger partial charge in [-0.15, -0.1) is 0 Å². The summed E-state index contributed by atoms with van der Waals surface area (Å²) in [5.41, 5.74) is 2.70. The number of hydrogen-bond acceptors (Lipinski definition) is 6. The van der Waals surface area contributed by atoms with Gasteiger partial charge in [-0.2, -0.15) is 0 Å². The van der Waals surface area contributed by atoms with Crippen molar-refractivity contribution in [2.45, 2.75) is 27.3 Å². The monoisotopic (exact) mass is 300 g/mol.